The van der Waals surface area contributed by atoms with Gasteiger partial charge in [0.15, 0.2) is 0 Å². The summed E-state index contributed by atoms with van der Waals surface area (Å²) in [6.45, 7) is 0. The number of H-pyrrole nitrogens is 2. The third-order valence-corrected chi connectivity index (χ3v) is 11.8. The fourth-order valence-corrected chi connectivity index (χ4v) is 8.10. The third-order valence-electron chi connectivity index (χ3n) is 2.21. The van der Waals surface area contributed by atoms with E-state index in [4.69, 9.17) is 0 Å². The molecule has 0 saturated heterocycles. The molecule has 2 aromatic rings. The van der Waals surface area contributed by atoms with Crippen molar-refractivity contribution in [2.24, 2.45) is 0 Å². The summed E-state index contributed by atoms with van der Waals surface area (Å²) in [7, 11) is -3.85. The maximum absolute atomic E-state index is 13.3. The Morgan fingerprint density at radius 2 is 1.19 bits per heavy atom. The Morgan fingerprint density at radius 1 is 0.857 bits per heavy atom. The molecule has 13 heteroatoms. The van der Waals surface area contributed by atoms with Crippen LogP contribution in [0.5, 0.6) is 0 Å². The van der Waals surface area contributed by atoms with Crippen LogP contribution in [-0.2, 0) is 0 Å². The normalized spacial score (nSPS) is 12.4. The van der Waals surface area contributed by atoms with E-state index in [0.29, 0.717) is 19.6 Å². The van der Waals surface area contributed by atoms with Crippen LogP contribution in [-0.4, -0.2) is 26.8 Å². The van der Waals surface area contributed by atoms with Gasteiger partial charge in [-0.15, -0.1) is 0 Å². The molecule has 2 aromatic heterocycles. The second kappa shape index (κ2) is 5.48. The number of aromatic amines is 2. The zero-order valence-electron chi connectivity index (χ0n) is 9.60. The first-order valence-electron chi connectivity index (χ1n) is 4.91. The Morgan fingerprint density at radius 3 is 1.52 bits per heavy atom. The molecule has 0 aliphatic carbocycles. The Labute approximate surface area is 129 Å². The molecule has 2 N–H and O–H groups in total. The van der Waals surface area contributed by atoms with E-state index in [9.17, 15) is 28.0 Å². The van der Waals surface area contributed by atoms with Crippen LogP contribution in [0.25, 0.3) is 0 Å². The van der Waals surface area contributed by atoms with Crippen molar-refractivity contribution in [3.05, 3.63) is 65.7 Å². The van der Waals surface area contributed by atoms with Gasteiger partial charge in [-0.1, -0.05) is 0 Å². The van der Waals surface area contributed by atoms with Crippen LogP contribution in [0.4, 0.5) is 8.78 Å². The first-order chi connectivity index (χ1) is 9.64. The van der Waals surface area contributed by atoms with Gasteiger partial charge in [0, 0.05) is 0 Å². The van der Waals surface area contributed by atoms with Crippen molar-refractivity contribution in [3.8, 4) is 0 Å². The summed E-state index contributed by atoms with van der Waals surface area (Å²) in [5.74, 6) is -2.54. The number of hydrogen-bond acceptors (Lipinski definition) is 4. The van der Waals surface area contributed by atoms with Crippen molar-refractivity contribution < 1.29 is 8.78 Å². The Balaban J connectivity index is 2.79. The molecule has 0 unspecified atom stereocenters. The first-order valence-corrected chi connectivity index (χ1v) is 14.5. The molecular formula is C8H4Br2F2N4O4Se. The van der Waals surface area contributed by atoms with Gasteiger partial charge in [-0.3, -0.25) is 0 Å². The summed E-state index contributed by atoms with van der Waals surface area (Å²) in [4.78, 5) is 48.8. The fourth-order valence-electron chi connectivity index (χ4n) is 1.29. The van der Waals surface area contributed by atoms with Crippen molar-refractivity contribution in [2.75, 3.05) is 0 Å². The minimum atomic E-state index is -3.85. The van der Waals surface area contributed by atoms with E-state index in [1.165, 1.54) is 0 Å². The predicted molar refractivity (Wildman–Crippen MR) is 77.0 cm³/mol. The average Bonchev–Trinajstić information content (AvgIpc) is 2.37. The Kier molecular flexibility index (Phi) is 4.19. The molecule has 0 bridgehead atoms. The van der Waals surface area contributed by atoms with Gasteiger partial charge in [-0.25, -0.2) is 0 Å². The Hall–Kier alpha value is -1.30. The van der Waals surface area contributed by atoms with Crippen molar-refractivity contribution in [1.29, 1.82) is 0 Å². The second-order valence-corrected chi connectivity index (χ2v) is 20.8. The second-order valence-electron chi connectivity index (χ2n) is 3.54. The maximum atomic E-state index is 13.3. The summed E-state index contributed by atoms with van der Waals surface area (Å²) in [6, 6.07) is 0. The molecule has 8 nitrogen and oxygen atoms in total. The number of rotatable bonds is 2. The summed E-state index contributed by atoms with van der Waals surface area (Å²) in [5.41, 5.74) is -4.50. The van der Waals surface area contributed by atoms with Gasteiger partial charge in [-0.2, -0.15) is 0 Å². The molecule has 0 amide bonds. The molecule has 21 heavy (non-hydrogen) atoms. The SMILES string of the molecule is O=c1[nH]c(=O)n([Se](Br)(Br)n2cc(F)c(=O)[nH]c2=O)cc1F. The fraction of sp³-hybridized carbons (Fsp3) is 0. The van der Waals surface area contributed by atoms with E-state index in [1.54, 1.807) is 9.97 Å². The molecule has 114 valence electrons. The van der Waals surface area contributed by atoms with E-state index in [2.05, 4.69) is 28.2 Å². The molecule has 0 aliphatic rings. The summed E-state index contributed by atoms with van der Waals surface area (Å²) in [5, 5.41) is 0. The molecule has 0 aliphatic heterocycles. The number of aromatic nitrogens is 4. The molecule has 0 spiro atoms. The summed E-state index contributed by atoms with van der Waals surface area (Å²) >= 11 is 6.08. The van der Waals surface area contributed by atoms with Crippen molar-refractivity contribution in [1.82, 2.24) is 17.1 Å². The van der Waals surface area contributed by atoms with Gasteiger partial charge in [0.05, 0.1) is 0 Å². The quantitative estimate of drug-likeness (QED) is 0.535. The van der Waals surface area contributed by atoms with Crippen LogP contribution in [0.3, 0.4) is 0 Å². The molecule has 0 atom stereocenters. The third kappa shape index (κ3) is 2.86. The molecule has 0 fully saturated rings. The Bertz CT molecular complexity index is 871. The number of halogens is 4. The topological polar surface area (TPSA) is 110 Å². The number of nitrogens with zero attached hydrogens (tertiary/aromatic N) is 2. The van der Waals surface area contributed by atoms with Gasteiger partial charge in [0.2, 0.25) is 0 Å². The van der Waals surface area contributed by atoms with E-state index in [1.807, 2.05) is 0 Å². The standard InChI is InChI=1S/C8H4Br2F2N4O4Se/c9-21(10,15-1-3(11)5(17)13-7(15)19)16-2-4(12)6(18)14-8(16)20/h1-2H,(H,13,17,19)(H,14,18,20). The van der Waals surface area contributed by atoms with Gasteiger partial charge >= 0.3 is 130 Å². The van der Waals surface area contributed by atoms with Gasteiger partial charge in [0.1, 0.15) is 0 Å². The average molecular weight is 497 g/mol. The minimum absolute atomic E-state index is 0.570. The van der Waals surface area contributed by atoms with Crippen LogP contribution < -0.4 is 22.5 Å². The van der Waals surface area contributed by atoms with E-state index < -0.39 is 43.8 Å². The van der Waals surface area contributed by atoms with Crippen molar-refractivity contribution in [2.45, 2.75) is 0 Å². The summed E-state index contributed by atoms with van der Waals surface area (Å²) in [6.07, 6.45) is 1.14. The number of nitrogens with one attached hydrogen (secondary N) is 2. The molecule has 2 heterocycles. The molecule has 0 radical (unpaired) electrons. The van der Waals surface area contributed by atoms with Crippen LogP contribution >= 0.6 is 28.2 Å². The van der Waals surface area contributed by atoms with Gasteiger partial charge < -0.3 is 0 Å². The van der Waals surface area contributed by atoms with Crippen LogP contribution in [0.15, 0.2) is 31.6 Å². The van der Waals surface area contributed by atoms with Gasteiger partial charge in [0.25, 0.3) is 0 Å². The predicted octanol–water partition coefficient (Wildman–Crippen LogP) is -0.713. The zero-order chi connectivity index (χ0) is 15.9. The number of hydrogen-bond donors (Lipinski definition) is 2. The van der Waals surface area contributed by atoms with Crippen LogP contribution in [0.2, 0.25) is 0 Å². The molecule has 0 saturated carbocycles. The van der Waals surface area contributed by atoms with Crippen LogP contribution in [0, 0.1) is 11.6 Å². The zero-order valence-corrected chi connectivity index (χ0v) is 14.5. The van der Waals surface area contributed by atoms with E-state index in [0.717, 1.165) is 0 Å². The van der Waals surface area contributed by atoms with E-state index in [-0.39, 0.29) is 0 Å². The van der Waals surface area contributed by atoms with Crippen LogP contribution in [0.1, 0.15) is 0 Å². The molecule has 2 rings (SSSR count). The molecular weight excluding hydrogens is 493 g/mol. The summed E-state index contributed by atoms with van der Waals surface area (Å²) < 4.78 is 28.0. The molecule has 0 aromatic carbocycles. The monoisotopic (exact) mass is 496 g/mol. The van der Waals surface area contributed by atoms with E-state index >= 15 is 0 Å². The first kappa shape index (κ1) is 16.1. The van der Waals surface area contributed by atoms with Crippen molar-refractivity contribution >= 4 is 37.9 Å². The van der Waals surface area contributed by atoms with Gasteiger partial charge in [-0.05, 0) is 0 Å². The van der Waals surface area contributed by atoms with Crippen molar-refractivity contribution in [3.63, 3.8) is 0 Å².